The Labute approximate surface area is 123 Å². The number of halogens is 4. The lowest BCUT2D eigenvalue weighted by Gasteiger charge is -2.12. The van der Waals surface area contributed by atoms with Crippen molar-refractivity contribution in [2.24, 2.45) is 5.73 Å². The second-order valence-corrected chi connectivity index (χ2v) is 4.75. The summed E-state index contributed by atoms with van der Waals surface area (Å²) in [7, 11) is 0. The molecule has 104 valence electrons. The first-order valence-corrected chi connectivity index (χ1v) is 6.18. The third kappa shape index (κ3) is 2.86. The number of rotatable bonds is 3. The van der Waals surface area contributed by atoms with Gasteiger partial charge in [-0.2, -0.15) is 0 Å². The Bertz CT molecular complexity index is 648. The van der Waals surface area contributed by atoms with Crippen LogP contribution < -0.4 is 11.1 Å². The minimum absolute atomic E-state index is 0.00206. The number of thiocarbonyl (C=S) groups is 1. The zero-order chi connectivity index (χ0) is 14.9. The maximum absolute atomic E-state index is 13.8. The van der Waals surface area contributed by atoms with E-state index in [4.69, 9.17) is 17.3 Å². The Morgan fingerprint density at radius 1 is 1.05 bits per heavy atom. The van der Waals surface area contributed by atoms with Gasteiger partial charge in [-0.15, -0.1) is 0 Å². The van der Waals surface area contributed by atoms with E-state index in [1.807, 2.05) is 0 Å². The zero-order valence-electron chi connectivity index (χ0n) is 9.88. The number of hydrogen-bond acceptors (Lipinski definition) is 2. The summed E-state index contributed by atoms with van der Waals surface area (Å²) in [6.45, 7) is 0. The number of nitrogens with two attached hydrogens (primary N) is 1. The Kier molecular flexibility index (Phi) is 4.15. The zero-order valence-corrected chi connectivity index (χ0v) is 11.5. The van der Waals surface area contributed by atoms with Crippen molar-refractivity contribution in [2.75, 3.05) is 5.32 Å². The summed E-state index contributed by atoms with van der Waals surface area (Å²) in [6, 6.07) is 5.82. The van der Waals surface area contributed by atoms with Gasteiger partial charge in [-0.3, -0.25) is 0 Å². The van der Waals surface area contributed by atoms with Crippen LogP contribution in [-0.4, -0.2) is 4.99 Å². The third-order valence-electron chi connectivity index (χ3n) is 2.54. The van der Waals surface area contributed by atoms with E-state index in [2.05, 4.69) is 17.5 Å². The molecule has 0 unspecified atom stereocenters. The number of hydrogen-bond donors (Lipinski definition) is 2. The normalized spacial score (nSPS) is 10.4. The van der Waals surface area contributed by atoms with Crippen LogP contribution in [0.1, 0.15) is 5.56 Å². The molecule has 0 fully saturated rings. The van der Waals surface area contributed by atoms with Gasteiger partial charge < -0.3 is 11.1 Å². The van der Waals surface area contributed by atoms with Crippen LogP contribution in [0, 0.1) is 17.5 Å². The first-order chi connectivity index (χ1) is 9.40. The molecule has 7 heteroatoms. The second-order valence-electron chi connectivity index (χ2n) is 3.90. The SMILES string of the molecule is NC(=S)c1cc(F)c(Nc2c(F)cccc2Cl)c(F)c1. The molecule has 0 atom stereocenters. The molecule has 2 rings (SSSR count). The highest BCUT2D eigenvalue weighted by Gasteiger charge is 2.15. The van der Waals surface area contributed by atoms with Crippen LogP contribution in [0.3, 0.4) is 0 Å². The molecule has 0 spiro atoms. The summed E-state index contributed by atoms with van der Waals surface area (Å²) in [5.41, 5.74) is 4.60. The average Bonchev–Trinajstić information content (AvgIpc) is 2.36. The average molecular weight is 317 g/mol. The lowest BCUT2D eigenvalue weighted by atomic mass is 10.1. The molecule has 0 aliphatic carbocycles. The van der Waals surface area contributed by atoms with Gasteiger partial charge in [0.15, 0.2) is 0 Å². The maximum Gasteiger partial charge on any atom is 0.150 e. The molecule has 0 heterocycles. The quantitative estimate of drug-likeness (QED) is 0.836. The number of para-hydroxylation sites is 1. The largest absolute Gasteiger partial charge is 0.389 e. The van der Waals surface area contributed by atoms with Gasteiger partial charge in [0.05, 0.1) is 10.7 Å². The molecule has 20 heavy (non-hydrogen) atoms. The summed E-state index contributed by atoms with van der Waals surface area (Å²) in [4.78, 5) is -0.140. The Hall–Kier alpha value is -1.79. The van der Waals surface area contributed by atoms with Crippen molar-refractivity contribution in [1.29, 1.82) is 0 Å². The van der Waals surface area contributed by atoms with Crippen molar-refractivity contribution in [3.8, 4) is 0 Å². The van der Waals surface area contributed by atoms with Gasteiger partial charge in [0, 0.05) is 5.56 Å². The van der Waals surface area contributed by atoms with Crippen LogP contribution in [-0.2, 0) is 0 Å². The summed E-state index contributed by atoms with van der Waals surface area (Å²) >= 11 is 10.4. The van der Waals surface area contributed by atoms with Crippen LogP contribution in [0.15, 0.2) is 30.3 Å². The fourth-order valence-electron chi connectivity index (χ4n) is 1.58. The minimum atomic E-state index is -0.952. The number of benzene rings is 2. The van der Waals surface area contributed by atoms with Crippen LogP contribution in [0.25, 0.3) is 0 Å². The highest BCUT2D eigenvalue weighted by atomic mass is 35.5. The highest BCUT2D eigenvalue weighted by molar-refractivity contribution is 7.80. The fourth-order valence-corrected chi connectivity index (χ4v) is 1.91. The van der Waals surface area contributed by atoms with Gasteiger partial charge in [-0.05, 0) is 24.3 Å². The molecule has 0 saturated carbocycles. The molecule has 3 N–H and O–H groups in total. The van der Waals surface area contributed by atoms with Gasteiger partial charge >= 0.3 is 0 Å². The van der Waals surface area contributed by atoms with Crippen LogP contribution in [0.2, 0.25) is 5.02 Å². The summed E-state index contributed by atoms with van der Waals surface area (Å²) in [5.74, 6) is -2.63. The predicted octanol–water partition coefficient (Wildman–Crippen LogP) is 4.14. The standard InChI is InChI=1S/C13H8ClF3N2S/c14-7-2-1-3-8(15)11(7)19-12-9(16)4-6(13(18)20)5-10(12)17/h1-5,19H,(H2,18,20). The summed E-state index contributed by atoms with van der Waals surface area (Å²) in [5, 5.41) is 2.30. The van der Waals surface area contributed by atoms with Crippen LogP contribution >= 0.6 is 23.8 Å². The first kappa shape index (κ1) is 14.6. The molecule has 0 saturated heterocycles. The Balaban J connectivity index is 2.47. The number of nitrogens with one attached hydrogen (secondary N) is 1. The van der Waals surface area contributed by atoms with E-state index in [0.717, 1.165) is 18.2 Å². The third-order valence-corrected chi connectivity index (χ3v) is 3.09. The molecular formula is C13H8ClF3N2S. The maximum atomic E-state index is 13.8. The van der Waals surface area contributed by atoms with E-state index in [1.54, 1.807) is 0 Å². The van der Waals surface area contributed by atoms with E-state index in [-0.39, 0.29) is 21.3 Å². The molecule has 0 aromatic heterocycles. The highest BCUT2D eigenvalue weighted by Crippen LogP contribution is 2.31. The topological polar surface area (TPSA) is 38.0 Å². The van der Waals surface area contributed by atoms with Crippen LogP contribution in [0.4, 0.5) is 24.5 Å². The molecular weight excluding hydrogens is 309 g/mol. The summed E-state index contributed by atoms with van der Waals surface area (Å²) in [6.07, 6.45) is 0. The van der Waals surface area contributed by atoms with Gasteiger partial charge in [0.1, 0.15) is 28.1 Å². The Morgan fingerprint density at radius 2 is 1.65 bits per heavy atom. The van der Waals surface area contributed by atoms with Crippen molar-refractivity contribution < 1.29 is 13.2 Å². The molecule has 2 nitrogen and oxygen atoms in total. The predicted molar refractivity (Wildman–Crippen MR) is 76.9 cm³/mol. The molecule has 0 aliphatic rings. The molecule has 2 aromatic carbocycles. The van der Waals surface area contributed by atoms with Crippen LogP contribution in [0.5, 0.6) is 0 Å². The van der Waals surface area contributed by atoms with Gasteiger partial charge in [-0.25, -0.2) is 13.2 Å². The smallest absolute Gasteiger partial charge is 0.150 e. The van der Waals surface area contributed by atoms with E-state index >= 15 is 0 Å². The minimum Gasteiger partial charge on any atom is -0.389 e. The van der Waals surface area contributed by atoms with E-state index in [0.29, 0.717) is 0 Å². The van der Waals surface area contributed by atoms with Crippen molar-refractivity contribution in [3.63, 3.8) is 0 Å². The van der Waals surface area contributed by atoms with E-state index < -0.39 is 23.1 Å². The molecule has 0 amide bonds. The van der Waals surface area contributed by atoms with Gasteiger partial charge in [0.25, 0.3) is 0 Å². The fraction of sp³-hybridized carbons (Fsp3) is 0. The molecule has 0 bridgehead atoms. The van der Waals surface area contributed by atoms with Crippen molar-refractivity contribution in [2.45, 2.75) is 0 Å². The van der Waals surface area contributed by atoms with E-state index in [1.165, 1.54) is 12.1 Å². The molecule has 2 aromatic rings. The Morgan fingerprint density at radius 3 is 2.15 bits per heavy atom. The van der Waals surface area contributed by atoms with Gasteiger partial charge in [0.2, 0.25) is 0 Å². The lowest BCUT2D eigenvalue weighted by Crippen LogP contribution is -2.11. The first-order valence-electron chi connectivity index (χ1n) is 5.40. The van der Waals surface area contributed by atoms with Crippen molar-refractivity contribution in [1.82, 2.24) is 0 Å². The molecule has 0 radical (unpaired) electrons. The second kappa shape index (κ2) is 5.68. The molecule has 0 aliphatic heterocycles. The summed E-state index contributed by atoms with van der Waals surface area (Å²) < 4.78 is 41.2. The van der Waals surface area contributed by atoms with Gasteiger partial charge in [-0.1, -0.05) is 29.9 Å². The lowest BCUT2D eigenvalue weighted by molar-refractivity contribution is 0.589. The van der Waals surface area contributed by atoms with Crippen molar-refractivity contribution >= 4 is 40.2 Å². The monoisotopic (exact) mass is 316 g/mol. The van der Waals surface area contributed by atoms with E-state index in [9.17, 15) is 13.2 Å². The van der Waals surface area contributed by atoms with Crippen molar-refractivity contribution in [3.05, 3.63) is 58.4 Å². The number of anilines is 2.